The van der Waals surface area contributed by atoms with Gasteiger partial charge in [0.15, 0.2) is 11.1 Å². The standard InChI is InChI=1S/C20H29N7S.HI/c1-21-19(26-14-12-25(13-15-26)18-6-2-3-8-22-18)23-9-7-17-16-28-20(24-17)27-10-4-5-11-27;/h2-3,6,8,16H,4-5,7,9-15H2,1H3,(H,21,23);1H. The zero-order valence-corrected chi connectivity index (χ0v) is 20.1. The van der Waals surface area contributed by atoms with E-state index in [1.54, 1.807) is 11.3 Å². The van der Waals surface area contributed by atoms with E-state index in [4.69, 9.17) is 4.98 Å². The molecule has 2 aliphatic rings. The molecule has 4 heterocycles. The van der Waals surface area contributed by atoms with Crippen LogP contribution in [0.3, 0.4) is 0 Å². The summed E-state index contributed by atoms with van der Waals surface area (Å²) in [7, 11) is 1.86. The Kier molecular flexibility index (Phi) is 8.34. The van der Waals surface area contributed by atoms with Crippen molar-refractivity contribution in [3.63, 3.8) is 0 Å². The van der Waals surface area contributed by atoms with E-state index in [1.165, 1.54) is 23.7 Å². The molecular weight excluding hydrogens is 497 g/mol. The lowest BCUT2D eigenvalue weighted by molar-refractivity contribution is 0.372. The van der Waals surface area contributed by atoms with E-state index >= 15 is 0 Å². The van der Waals surface area contributed by atoms with Gasteiger partial charge in [-0.25, -0.2) is 9.97 Å². The Hall–Kier alpha value is -1.62. The highest BCUT2D eigenvalue weighted by molar-refractivity contribution is 14.0. The minimum absolute atomic E-state index is 0. The summed E-state index contributed by atoms with van der Waals surface area (Å²) in [5.74, 6) is 2.04. The lowest BCUT2D eigenvalue weighted by atomic mass is 10.3. The molecule has 158 valence electrons. The number of rotatable bonds is 5. The molecule has 0 amide bonds. The molecule has 0 aliphatic carbocycles. The molecule has 1 N–H and O–H groups in total. The summed E-state index contributed by atoms with van der Waals surface area (Å²) >= 11 is 1.77. The van der Waals surface area contributed by atoms with Gasteiger partial charge in [-0.15, -0.1) is 35.3 Å². The molecule has 0 unspecified atom stereocenters. The molecule has 2 saturated heterocycles. The second-order valence-corrected chi connectivity index (χ2v) is 8.04. The topological polar surface area (TPSA) is 59.9 Å². The fraction of sp³-hybridized carbons (Fsp3) is 0.550. The predicted octanol–water partition coefficient (Wildman–Crippen LogP) is 2.70. The van der Waals surface area contributed by atoms with E-state index in [-0.39, 0.29) is 24.0 Å². The van der Waals surface area contributed by atoms with Crippen LogP contribution in [0, 0.1) is 0 Å². The van der Waals surface area contributed by atoms with Crippen molar-refractivity contribution in [1.82, 2.24) is 20.2 Å². The van der Waals surface area contributed by atoms with Crippen molar-refractivity contribution in [1.29, 1.82) is 0 Å². The number of hydrogen-bond acceptors (Lipinski definition) is 6. The van der Waals surface area contributed by atoms with Gasteiger partial charge in [0, 0.05) is 70.9 Å². The first-order valence-corrected chi connectivity index (χ1v) is 11.0. The van der Waals surface area contributed by atoms with E-state index in [1.807, 2.05) is 25.4 Å². The van der Waals surface area contributed by atoms with Crippen molar-refractivity contribution in [2.24, 2.45) is 4.99 Å². The number of nitrogens with zero attached hydrogens (tertiary/aromatic N) is 6. The third kappa shape index (κ3) is 5.71. The van der Waals surface area contributed by atoms with Crippen LogP contribution in [0.2, 0.25) is 0 Å². The zero-order chi connectivity index (χ0) is 19.2. The summed E-state index contributed by atoms with van der Waals surface area (Å²) in [5.41, 5.74) is 1.18. The quantitative estimate of drug-likeness (QED) is 0.367. The number of piperazine rings is 1. The van der Waals surface area contributed by atoms with Gasteiger partial charge in [-0.1, -0.05) is 6.07 Å². The fourth-order valence-corrected chi connectivity index (χ4v) is 4.70. The number of pyridine rings is 1. The van der Waals surface area contributed by atoms with E-state index in [2.05, 4.69) is 41.4 Å². The summed E-state index contributed by atoms with van der Waals surface area (Å²) in [6.45, 7) is 6.99. The molecule has 2 aromatic heterocycles. The molecule has 29 heavy (non-hydrogen) atoms. The normalized spacial score (nSPS) is 17.4. The fourth-order valence-electron chi connectivity index (χ4n) is 3.79. The molecular formula is C20H30IN7S. The van der Waals surface area contributed by atoms with Gasteiger partial charge in [-0.3, -0.25) is 4.99 Å². The molecule has 2 aromatic rings. The van der Waals surface area contributed by atoms with Crippen molar-refractivity contribution in [3.8, 4) is 0 Å². The Bertz CT molecular complexity index is 768. The first kappa shape index (κ1) is 22.1. The predicted molar refractivity (Wildman–Crippen MR) is 132 cm³/mol. The van der Waals surface area contributed by atoms with E-state index < -0.39 is 0 Å². The molecule has 0 saturated carbocycles. The Balaban J connectivity index is 0.00000240. The average Bonchev–Trinajstić information content (AvgIpc) is 3.44. The third-order valence-electron chi connectivity index (χ3n) is 5.34. The zero-order valence-electron chi connectivity index (χ0n) is 17.0. The number of thiazole rings is 1. The summed E-state index contributed by atoms with van der Waals surface area (Å²) in [4.78, 5) is 20.8. The van der Waals surface area contributed by atoms with Crippen LogP contribution in [0.15, 0.2) is 34.8 Å². The summed E-state index contributed by atoms with van der Waals surface area (Å²) in [6, 6.07) is 6.08. The van der Waals surface area contributed by atoms with Crippen LogP contribution in [-0.4, -0.2) is 73.7 Å². The Morgan fingerprint density at radius 1 is 1.10 bits per heavy atom. The maximum Gasteiger partial charge on any atom is 0.193 e. The van der Waals surface area contributed by atoms with Crippen LogP contribution in [-0.2, 0) is 6.42 Å². The highest BCUT2D eigenvalue weighted by atomic mass is 127. The SMILES string of the molecule is CN=C(NCCc1csc(N2CCCC2)n1)N1CCN(c2ccccn2)CC1.I. The van der Waals surface area contributed by atoms with Gasteiger partial charge in [0.05, 0.1) is 5.69 Å². The summed E-state index contributed by atoms with van der Waals surface area (Å²) < 4.78 is 0. The minimum Gasteiger partial charge on any atom is -0.356 e. The molecule has 2 fully saturated rings. The maximum absolute atomic E-state index is 4.81. The van der Waals surface area contributed by atoms with Crippen LogP contribution < -0.4 is 15.1 Å². The van der Waals surface area contributed by atoms with E-state index in [0.717, 1.165) is 64.0 Å². The number of guanidine groups is 1. The largest absolute Gasteiger partial charge is 0.356 e. The van der Waals surface area contributed by atoms with Gasteiger partial charge in [-0.2, -0.15) is 0 Å². The van der Waals surface area contributed by atoms with Crippen molar-refractivity contribution < 1.29 is 0 Å². The summed E-state index contributed by atoms with van der Waals surface area (Å²) in [5, 5.41) is 6.89. The molecule has 4 rings (SSSR count). The smallest absolute Gasteiger partial charge is 0.193 e. The molecule has 0 aromatic carbocycles. The number of aliphatic imine (C=N–C) groups is 1. The van der Waals surface area contributed by atoms with Gasteiger partial charge < -0.3 is 20.0 Å². The second kappa shape index (κ2) is 11.0. The Labute approximate surface area is 194 Å². The number of aromatic nitrogens is 2. The molecule has 2 aliphatic heterocycles. The Morgan fingerprint density at radius 3 is 2.59 bits per heavy atom. The van der Waals surface area contributed by atoms with Crippen molar-refractivity contribution in [3.05, 3.63) is 35.5 Å². The van der Waals surface area contributed by atoms with Crippen LogP contribution in [0.4, 0.5) is 10.9 Å². The van der Waals surface area contributed by atoms with Crippen molar-refractivity contribution in [2.45, 2.75) is 19.3 Å². The van der Waals surface area contributed by atoms with Gasteiger partial charge in [0.2, 0.25) is 0 Å². The second-order valence-electron chi connectivity index (χ2n) is 7.20. The molecule has 0 bridgehead atoms. The van der Waals surface area contributed by atoms with E-state index in [0.29, 0.717) is 0 Å². The van der Waals surface area contributed by atoms with Crippen molar-refractivity contribution >= 4 is 52.2 Å². The molecule has 7 nitrogen and oxygen atoms in total. The monoisotopic (exact) mass is 527 g/mol. The van der Waals surface area contributed by atoms with Gasteiger partial charge in [0.25, 0.3) is 0 Å². The number of anilines is 2. The van der Waals surface area contributed by atoms with Crippen LogP contribution >= 0.6 is 35.3 Å². The van der Waals surface area contributed by atoms with E-state index in [9.17, 15) is 0 Å². The van der Waals surface area contributed by atoms with Crippen LogP contribution in [0.5, 0.6) is 0 Å². The number of hydrogen-bond donors (Lipinski definition) is 1. The first-order chi connectivity index (χ1) is 13.8. The number of halogens is 1. The highest BCUT2D eigenvalue weighted by Crippen LogP contribution is 2.24. The molecule has 0 radical (unpaired) electrons. The van der Waals surface area contributed by atoms with Gasteiger partial charge in [0.1, 0.15) is 5.82 Å². The highest BCUT2D eigenvalue weighted by Gasteiger charge is 2.20. The van der Waals surface area contributed by atoms with Gasteiger partial charge >= 0.3 is 0 Å². The van der Waals surface area contributed by atoms with Crippen LogP contribution in [0.1, 0.15) is 18.5 Å². The third-order valence-corrected chi connectivity index (χ3v) is 6.29. The molecule has 9 heteroatoms. The first-order valence-electron chi connectivity index (χ1n) is 10.1. The minimum atomic E-state index is 0. The van der Waals surface area contributed by atoms with Crippen LogP contribution in [0.25, 0.3) is 0 Å². The molecule has 0 atom stereocenters. The molecule has 0 spiro atoms. The van der Waals surface area contributed by atoms with Crippen molar-refractivity contribution in [2.75, 3.05) is 62.7 Å². The Morgan fingerprint density at radius 2 is 1.90 bits per heavy atom. The average molecular weight is 527 g/mol. The summed E-state index contributed by atoms with van der Waals surface area (Å²) in [6.07, 6.45) is 5.37. The van der Waals surface area contributed by atoms with Gasteiger partial charge in [-0.05, 0) is 25.0 Å². The lowest BCUT2D eigenvalue weighted by Crippen LogP contribution is -2.53. The lowest BCUT2D eigenvalue weighted by Gasteiger charge is -2.37. The number of nitrogens with one attached hydrogen (secondary N) is 1. The maximum atomic E-state index is 4.81.